The summed E-state index contributed by atoms with van der Waals surface area (Å²) in [7, 11) is 1.59. The van der Waals surface area contributed by atoms with Gasteiger partial charge in [0.15, 0.2) is 0 Å². The number of rotatable bonds is 2. The summed E-state index contributed by atoms with van der Waals surface area (Å²) < 4.78 is 6.69. The van der Waals surface area contributed by atoms with Gasteiger partial charge in [-0.15, -0.1) is 0 Å². The lowest BCUT2D eigenvalue weighted by Gasteiger charge is -2.07. The van der Waals surface area contributed by atoms with Crippen molar-refractivity contribution < 1.29 is 4.74 Å². The van der Waals surface area contributed by atoms with Crippen LogP contribution in [0.4, 0.5) is 0 Å². The Labute approximate surface area is 116 Å². The van der Waals surface area contributed by atoms with Gasteiger partial charge in [-0.2, -0.15) is 0 Å². The Hall–Kier alpha value is -2.62. The first-order valence-electron chi connectivity index (χ1n) is 6.31. The number of fused-ring (bicyclic) bond motifs is 1. The molecular formula is C16H14N2O2. The van der Waals surface area contributed by atoms with Crippen molar-refractivity contribution in [1.29, 1.82) is 0 Å². The average molecular weight is 266 g/mol. The Morgan fingerprint density at radius 1 is 1.10 bits per heavy atom. The van der Waals surface area contributed by atoms with Crippen molar-refractivity contribution in [3.8, 4) is 11.4 Å². The summed E-state index contributed by atoms with van der Waals surface area (Å²) in [5.41, 5.74) is 2.52. The quantitative estimate of drug-likeness (QED) is 0.716. The molecule has 3 rings (SSSR count). The molecule has 0 radical (unpaired) electrons. The number of aromatic nitrogens is 2. The second-order valence-corrected chi connectivity index (χ2v) is 4.64. The number of nitrogens with zero attached hydrogens (tertiary/aromatic N) is 2. The summed E-state index contributed by atoms with van der Waals surface area (Å²) in [4.78, 5) is 16.8. The van der Waals surface area contributed by atoms with Crippen molar-refractivity contribution >= 4 is 10.9 Å². The SMILES string of the molecule is COc1ccc2c(=O)n(-c3ccc(C)cc3)cnc2c1. The molecule has 4 heteroatoms. The molecule has 20 heavy (non-hydrogen) atoms. The standard InChI is InChI=1S/C16H14N2O2/c1-11-3-5-12(6-4-11)18-10-17-15-9-13(20-2)7-8-14(15)16(18)19/h3-10H,1-2H3. The van der Waals surface area contributed by atoms with E-state index in [9.17, 15) is 4.79 Å². The molecule has 0 unspecified atom stereocenters. The van der Waals surface area contributed by atoms with Gasteiger partial charge in [0.25, 0.3) is 5.56 Å². The molecular weight excluding hydrogens is 252 g/mol. The van der Waals surface area contributed by atoms with E-state index in [0.717, 1.165) is 11.3 Å². The molecule has 100 valence electrons. The van der Waals surface area contributed by atoms with Gasteiger partial charge in [0.2, 0.25) is 0 Å². The third-order valence-corrected chi connectivity index (χ3v) is 3.28. The van der Waals surface area contributed by atoms with Gasteiger partial charge in [-0.25, -0.2) is 4.98 Å². The molecule has 0 fully saturated rings. The van der Waals surface area contributed by atoms with Crippen molar-refractivity contribution in [3.63, 3.8) is 0 Å². The Kier molecular flexibility index (Phi) is 2.99. The highest BCUT2D eigenvalue weighted by molar-refractivity contribution is 5.79. The summed E-state index contributed by atoms with van der Waals surface area (Å²) in [6.07, 6.45) is 1.55. The number of hydrogen-bond acceptors (Lipinski definition) is 3. The van der Waals surface area contributed by atoms with Crippen LogP contribution in [-0.2, 0) is 0 Å². The molecule has 0 amide bonds. The van der Waals surface area contributed by atoms with Crippen LogP contribution in [0.25, 0.3) is 16.6 Å². The number of hydrogen-bond donors (Lipinski definition) is 0. The number of methoxy groups -OCH3 is 1. The molecule has 1 aromatic heterocycles. The minimum Gasteiger partial charge on any atom is -0.497 e. The highest BCUT2D eigenvalue weighted by atomic mass is 16.5. The van der Waals surface area contributed by atoms with Gasteiger partial charge in [-0.05, 0) is 31.2 Å². The van der Waals surface area contributed by atoms with Crippen molar-refractivity contribution in [2.24, 2.45) is 0 Å². The minimum atomic E-state index is -0.0819. The smallest absolute Gasteiger partial charge is 0.265 e. The Morgan fingerprint density at radius 2 is 1.85 bits per heavy atom. The van der Waals surface area contributed by atoms with E-state index in [-0.39, 0.29) is 5.56 Å². The predicted molar refractivity (Wildman–Crippen MR) is 78.6 cm³/mol. The van der Waals surface area contributed by atoms with Crippen LogP contribution in [0.15, 0.2) is 53.6 Å². The third kappa shape index (κ3) is 2.05. The van der Waals surface area contributed by atoms with E-state index in [1.807, 2.05) is 31.2 Å². The van der Waals surface area contributed by atoms with E-state index in [1.165, 1.54) is 0 Å². The maximum atomic E-state index is 12.5. The normalized spacial score (nSPS) is 10.7. The molecule has 2 aromatic carbocycles. The zero-order chi connectivity index (χ0) is 14.1. The van der Waals surface area contributed by atoms with Crippen molar-refractivity contribution in [2.75, 3.05) is 7.11 Å². The lowest BCUT2D eigenvalue weighted by molar-refractivity contribution is 0.415. The topological polar surface area (TPSA) is 44.1 Å². The molecule has 0 saturated heterocycles. The lowest BCUT2D eigenvalue weighted by Crippen LogP contribution is -2.18. The first-order valence-corrected chi connectivity index (χ1v) is 6.31. The largest absolute Gasteiger partial charge is 0.497 e. The second-order valence-electron chi connectivity index (χ2n) is 4.64. The molecule has 0 aliphatic rings. The highest BCUT2D eigenvalue weighted by Crippen LogP contribution is 2.17. The molecule has 3 aromatic rings. The molecule has 0 aliphatic heterocycles. The van der Waals surface area contributed by atoms with E-state index in [2.05, 4.69) is 4.98 Å². The van der Waals surface area contributed by atoms with Crippen LogP contribution < -0.4 is 10.3 Å². The monoisotopic (exact) mass is 266 g/mol. The zero-order valence-electron chi connectivity index (χ0n) is 11.3. The van der Waals surface area contributed by atoms with Crippen LogP contribution in [0, 0.1) is 6.92 Å². The van der Waals surface area contributed by atoms with Crippen molar-refractivity contribution in [2.45, 2.75) is 6.92 Å². The highest BCUT2D eigenvalue weighted by Gasteiger charge is 2.06. The molecule has 4 nitrogen and oxygen atoms in total. The molecule has 1 heterocycles. The fourth-order valence-corrected chi connectivity index (χ4v) is 2.12. The van der Waals surface area contributed by atoms with Gasteiger partial charge >= 0.3 is 0 Å². The summed E-state index contributed by atoms with van der Waals surface area (Å²) >= 11 is 0. The number of benzene rings is 2. The van der Waals surface area contributed by atoms with Gasteiger partial charge < -0.3 is 4.74 Å². The van der Waals surface area contributed by atoms with Crippen LogP contribution in [0.1, 0.15) is 5.56 Å². The van der Waals surface area contributed by atoms with Crippen LogP contribution in [0.5, 0.6) is 5.75 Å². The van der Waals surface area contributed by atoms with Crippen molar-refractivity contribution in [1.82, 2.24) is 9.55 Å². The van der Waals surface area contributed by atoms with Crippen LogP contribution >= 0.6 is 0 Å². The van der Waals surface area contributed by atoms with Crippen LogP contribution in [-0.4, -0.2) is 16.7 Å². The molecule has 0 aliphatic carbocycles. The molecule has 0 N–H and O–H groups in total. The summed E-state index contributed by atoms with van der Waals surface area (Å²) in [6.45, 7) is 2.01. The van der Waals surface area contributed by atoms with Crippen LogP contribution in [0.3, 0.4) is 0 Å². The Balaban J connectivity index is 2.21. The average Bonchev–Trinajstić information content (AvgIpc) is 2.48. The predicted octanol–water partition coefficient (Wildman–Crippen LogP) is 2.70. The lowest BCUT2D eigenvalue weighted by atomic mass is 10.2. The molecule has 0 atom stereocenters. The van der Waals surface area contributed by atoms with Gasteiger partial charge in [-0.3, -0.25) is 9.36 Å². The first kappa shape index (κ1) is 12.4. The van der Waals surface area contributed by atoms with E-state index < -0.39 is 0 Å². The maximum Gasteiger partial charge on any atom is 0.265 e. The van der Waals surface area contributed by atoms with Crippen LogP contribution in [0.2, 0.25) is 0 Å². The van der Waals surface area contributed by atoms with E-state index >= 15 is 0 Å². The van der Waals surface area contributed by atoms with Gasteiger partial charge in [-0.1, -0.05) is 17.7 Å². The fourth-order valence-electron chi connectivity index (χ4n) is 2.12. The molecule has 0 bridgehead atoms. The first-order chi connectivity index (χ1) is 9.69. The maximum absolute atomic E-state index is 12.5. The van der Waals surface area contributed by atoms with Crippen molar-refractivity contribution in [3.05, 3.63) is 64.7 Å². The van der Waals surface area contributed by atoms with Gasteiger partial charge in [0, 0.05) is 6.07 Å². The van der Waals surface area contributed by atoms with Gasteiger partial charge in [0.1, 0.15) is 12.1 Å². The second kappa shape index (κ2) is 4.81. The molecule has 0 saturated carbocycles. The minimum absolute atomic E-state index is 0.0819. The Bertz CT molecular complexity index is 820. The number of ether oxygens (including phenoxy) is 1. The fraction of sp³-hybridized carbons (Fsp3) is 0.125. The summed E-state index contributed by atoms with van der Waals surface area (Å²) in [5.74, 6) is 0.692. The van der Waals surface area contributed by atoms with E-state index in [1.54, 1.807) is 36.2 Å². The van der Waals surface area contributed by atoms with E-state index in [0.29, 0.717) is 16.7 Å². The third-order valence-electron chi connectivity index (χ3n) is 3.28. The number of aryl methyl sites for hydroxylation is 1. The molecule has 0 spiro atoms. The van der Waals surface area contributed by atoms with E-state index in [4.69, 9.17) is 4.74 Å². The summed E-state index contributed by atoms with van der Waals surface area (Å²) in [6, 6.07) is 13.0. The zero-order valence-corrected chi connectivity index (χ0v) is 11.3. The summed E-state index contributed by atoms with van der Waals surface area (Å²) in [5, 5.41) is 0.578. The van der Waals surface area contributed by atoms with Gasteiger partial charge in [0.05, 0.1) is 23.7 Å². The Morgan fingerprint density at radius 3 is 2.55 bits per heavy atom.